The number of aryl methyl sites for hydroxylation is 1. The van der Waals surface area contributed by atoms with Gasteiger partial charge >= 0.3 is 0 Å². The lowest BCUT2D eigenvalue weighted by Gasteiger charge is -2.22. The summed E-state index contributed by atoms with van der Waals surface area (Å²) >= 11 is 7.95. The van der Waals surface area contributed by atoms with Crippen molar-refractivity contribution in [3.05, 3.63) is 52.0 Å². The third-order valence-electron chi connectivity index (χ3n) is 3.90. The van der Waals surface area contributed by atoms with Crippen LogP contribution in [0.1, 0.15) is 19.4 Å². The van der Waals surface area contributed by atoms with Gasteiger partial charge in [0.25, 0.3) is 0 Å². The SMILES string of the molecule is CCN1/C(=C/C(C)=O)Sc2ccc(O)c(-c3cc(C)ccc3Cl)c21. The summed E-state index contributed by atoms with van der Waals surface area (Å²) in [6, 6.07) is 9.33. The number of hydrogen-bond acceptors (Lipinski definition) is 4. The maximum absolute atomic E-state index is 11.5. The molecule has 0 aromatic heterocycles. The molecule has 1 aliphatic rings. The Morgan fingerprint density at radius 2 is 2.08 bits per heavy atom. The van der Waals surface area contributed by atoms with Crippen LogP contribution in [-0.4, -0.2) is 17.4 Å². The van der Waals surface area contributed by atoms with Crippen LogP contribution in [-0.2, 0) is 4.79 Å². The fourth-order valence-electron chi connectivity index (χ4n) is 2.88. The second kappa shape index (κ2) is 6.54. The highest BCUT2D eigenvalue weighted by Crippen LogP contribution is 2.54. The molecule has 3 rings (SSSR count). The highest BCUT2D eigenvalue weighted by Gasteiger charge is 2.30. The van der Waals surface area contributed by atoms with E-state index in [2.05, 4.69) is 4.90 Å². The molecule has 1 heterocycles. The fraction of sp³-hybridized carbons (Fsp3) is 0.211. The van der Waals surface area contributed by atoms with Crippen LogP contribution in [0.3, 0.4) is 0 Å². The second-order valence-corrected chi connectivity index (χ2v) is 7.20. The van der Waals surface area contributed by atoms with E-state index < -0.39 is 0 Å². The third kappa shape index (κ3) is 2.92. The number of ketones is 1. The van der Waals surface area contributed by atoms with Crippen molar-refractivity contribution in [1.29, 1.82) is 0 Å². The maximum atomic E-state index is 11.5. The minimum absolute atomic E-state index is 0.00289. The molecule has 0 aliphatic carbocycles. The van der Waals surface area contributed by atoms with Gasteiger partial charge in [0, 0.05) is 33.7 Å². The van der Waals surface area contributed by atoms with Gasteiger partial charge in [-0.15, -0.1) is 0 Å². The first kappa shape index (κ1) is 16.9. The molecule has 0 bridgehead atoms. The number of phenolic OH excluding ortho intramolecular Hbond substituents is 1. The molecule has 0 atom stereocenters. The van der Waals surface area contributed by atoms with E-state index in [1.54, 1.807) is 19.1 Å². The molecular formula is C19H18ClNO2S. The van der Waals surface area contributed by atoms with Gasteiger partial charge in [-0.1, -0.05) is 35.0 Å². The van der Waals surface area contributed by atoms with Gasteiger partial charge in [0.15, 0.2) is 5.78 Å². The molecule has 0 unspecified atom stereocenters. The van der Waals surface area contributed by atoms with E-state index >= 15 is 0 Å². The zero-order valence-electron chi connectivity index (χ0n) is 13.8. The number of carbonyl (C=O) groups excluding carboxylic acids is 1. The molecule has 0 saturated heterocycles. The fourth-order valence-corrected chi connectivity index (χ4v) is 4.32. The predicted octanol–water partition coefficient (Wildman–Crippen LogP) is 5.38. The van der Waals surface area contributed by atoms with Crippen molar-refractivity contribution >= 4 is 34.8 Å². The Kier molecular flexibility index (Phi) is 4.61. The van der Waals surface area contributed by atoms with Crippen LogP contribution in [0.4, 0.5) is 5.69 Å². The van der Waals surface area contributed by atoms with E-state index in [0.717, 1.165) is 26.7 Å². The third-order valence-corrected chi connectivity index (χ3v) is 5.33. The summed E-state index contributed by atoms with van der Waals surface area (Å²) in [6.45, 7) is 6.25. The van der Waals surface area contributed by atoms with Crippen LogP contribution in [0, 0.1) is 6.92 Å². The molecule has 2 aromatic rings. The van der Waals surface area contributed by atoms with Crippen LogP contribution in [0.25, 0.3) is 11.1 Å². The van der Waals surface area contributed by atoms with E-state index in [-0.39, 0.29) is 11.5 Å². The number of fused-ring (bicyclic) bond motifs is 1. The Hall–Kier alpha value is -1.91. The number of benzene rings is 2. The van der Waals surface area contributed by atoms with Crippen LogP contribution in [0.5, 0.6) is 5.75 Å². The van der Waals surface area contributed by atoms with Crippen molar-refractivity contribution in [3.8, 4) is 16.9 Å². The summed E-state index contributed by atoms with van der Waals surface area (Å²) in [6.07, 6.45) is 1.63. The number of allylic oxidation sites excluding steroid dienone is 1. The minimum Gasteiger partial charge on any atom is -0.507 e. The van der Waals surface area contributed by atoms with E-state index in [1.165, 1.54) is 11.8 Å². The first-order valence-corrected chi connectivity index (χ1v) is 8.92. The number of aromatic hydroxyl groups is 1. The molecule has 24 heavy (non-hydrogen) atoms. The van der Waals surface area contributed by atoms with Crippen LogP contribution >= 0.6 is 23.4 Å². The molecule has 0 amide bonds. The van der Waals surface area contributed by atoms with Gasteiger partial charge in [0.1, 0.15) is 5.75 Å². The summed E-state index contributed by atoms with van der Waals surface area (Å²) in [4.78, 5) is 14.6. The Morgan fingerprint density at radius 3 is 2.75 bits per heavy atom. The summed E-state index contributed by atoms with van der Waals surface area (Å²) in [5.41, 5.74) is 3.48. The second-order valence-electron chi connectivity index (χ2n) is 5.73. The van der Waals surface area contributed by atoms with Gasteiger partial charge in [-0.2, -0.15) is 0 Å². The molecule has 0 fully saturated rings. The van der Waals surface area contributed by atoms with Gasteiger partial charge < -0.3 is 10.0 Å². The Morgan fingerprint density at radius 1 is 1.33 bits per heavy atom. The first-order valence-electron chi connectivity index (χ1n) is 7.72. The molecule has 0 radical (unpaired) electrons. The topological polar surface area (TPSA) is 40.5 Å². The molecular weight excluding hydrogens is 342 g/mol. The molecule has 5 heteroatoms. The predicted molar refractivity (Wildman–Crippen MR) is 101 cm³/mol. The highest BCUT2D eigenvalue weighted by molar-refractivity contribution is 8.03. The van der Waals surface area contributed by atoms with Gasteiger partial charge in [0.2, 0.25) is 0 Å². The molecule has 3 nitrogen and oxygen atoms in total. The molecule has 0 saturated carbocycles. The molecule has 1 aliphatic heterocycles. The summed E-state index contributed by atoms with van der Waals surface area (Å²) in [7, 11) is 0. The lowest BCUT2D eigenvalue weighted by atomic mass is 9.99. The van der Waals surface area contributed by atoms with E-state index in [4.69, 9.17) is 11.6 Å². The number of phenols is 1. The number of rotatable bonds is 3. The maximum Gasteiger partial charge on any atom is 0.155 e. The molecule has 124 valence electrons. The molecule has 1 N–H and O–H groups in total. The van der Waals surface area contributed by atoms with Gasteiger partial charge in [-0.05, 0) is 45.0 Å². The normalized spacial score (nSPS) is 15.0. The lowest BCUT2D eigenvalue weighted by molar-refractivity contribution is -0.112. The van der Waals surface area contributed by atoms with E-state index in [9.17, 15) is 9.90 Å². The first-order chi connectivity index (χ1) is 11.4. The smallest absolute Gasteiger partial charge is 0.155 e. The number of halogens is 1. The number of nitrogens with zero attached hydrogens (tertiary/aromatic N) is 1. The molecule has 0 spiro atoms. The zero-order valence-corrected chi connectivity index (χ0v) is 15.3. The van der Waals surface area contributed by atoms with Crippen LogP contribution in [0.2, 0.25) is 5.02 Å². The van der Waals surface area contributed by atoms with Crippen LogP contribution in [0.15, 0.2) is 46.3 Å². The van der Waals surface area contributed by atoms with Crippen LogP contribution < -0.4 is 4.90 Å². The Balaban J connectivity index is 2.27. The average Bonchev–Trinajstić information content (AvgIpc) is 2.86. The van der Waals surface area contributed by atoms with Gasteiger partial charge in [-0.25, -0.2) is 0 Å². The van der Waals surface area contributed by atoms with Crippen molar-refractivity contribution in [2.45, 2.75) is 25.7 Å². The summed E-state index contributed by atoms with van der Waals surface area (Å²) in [5.74, 6) is 0.187. The monoisotopic (exact) mass is 359 g/mol. The van der Waals surface area contributed by atoms with E-state index in [0.29, 0.717) is 17.1 Å². The number of carbonyl (C=O) groups is 1. The van der Waals surface area contributed by atoms with Crippen molar-refractivity contribution in [1.82, 2.24) is 0 Å². The van der Waals surface area contributed by atoms with Crippen molar-refractivity contribution in [2.75, 3.05) is 11.4 Å². The zero-order chi connectivity index (χ0) is 17.4. The summed E-state index contributed by atoms with van der Waals surface area (Å²) in [5, 5.41) is 12.0. The number of thioether (sulfide) groups is 1. The van der Waals surface area contributed by atoms with Crippen molar-refractivity contribution in [2.24, 2.45) is 0 Å². The Labute approximate surface area is 150 Å². The minimum atomic E-state index is 0.00289. The quantitative estimate of drug-likeness (QED) is 0.746. The lowest BCUT2D eigenvalue weighted by Crippen LogP contribution is -2.18. The van der Waals surface area contributed by atoms with Crippen molar-refractivity contribution in [3.63, 3.8) is 0 Å². The van der Waals surface area contributed by atoms with E-state index in [1.807, 2.05) is 38.1 Å². The Bertz CT molecular complexity index is 861. The average molecular weight is 360 g/mol. The van der Waals surface area contributed by atoms with Crippen molar-refractivity contribution < 1.29 is 9.90 Å². The van der Waals surface area contributed by atoms with Gasteiger partial charge in [-0.3, -0.25) is 4.79 Å². The highest BCUT2D eigenvalue weighted by atomic mass is 35.5. The largest absolute Gasteiger partial charge is 0.507 e. The number of hydrogen-bond donors (Lipinski definition) is 1. The van der Waals surface area contributed by atoms with Gasteiger partial charge in [0.05, 0.1) is 10.7 Å². The molecule has 2 aromatic carbocycles. The standard InChI is InChI=1S/C19H18ClNO2S/c1-4-21-17(10-12(3)22)24-16-8-7-15(23)18(19(16)21)13-9-11(2)5-6-14(13)20/h5-10,23H,4H2,1-3H3/b17-10-. The summed E-state index contributed by atoms with van der Waals surface area (Å²) < 4.78 is 0. The number of anilines is 1.